The summed E-state index contributed by atoms with van der Waals surface area (Å²) in [7, 11) is 0. The Morgan fingerprint density at radius 1 is 1.14 bits per heavy atom. The molecule has 0 saturated heterocycles. The van der Waals surface area contributed by atoms with E-state index in [-0.39, 0.29) is 17.9 Å². The average molecular weight is 290 g/mol. The quantitative estimate of drug-likeness (QED) is 0.799. The number of hydrogen-bond donors (Lipinski definition) is 1. The minimum Gasteiger partial charge on any atom is -0.355 e. The van der Waals surface area contributed by atoms with Crippen molar-refractivity contribution in [2.45, 2.75) is 46.1 Å². The van der Waals surface area contributed by atoms with Gasteiger partial charge in [-0.25, -0.2) is 0 Å². The summed E-state index contributed by atoms with van der Waals surface area (Å²) in [6.07, 6.45) is 1.82. The van der Waals surface area contributed by atoms with Gasteiger partial charge in [-0.15, -0.1) is 0 Å². The molecule has 21 heavy (non-hydrogen) atoms. The largest absolute Gasteiger partial charge is 0.355 e. The van der Waals surface area contributed by atoms with Gasteiger partial charge < -0.3 is 10.2 Å². The van der Waals surface area contributed by atoms with Gasteiger partial charge >= 0.3 is 0 Å². The van der Waals surface area contributed by atoms with Crippen LogP contribution < -0.4 is 5.32 Å². The second-order valence-corrected chi connectivity index (χ2v) is 4.99. The fraction of sp³-hybridized carbons (Fsp3) is 0.529. The Morgan fingerprint density at radius 3 is 2.33 bits per heavy atom. The smallest absolute Gasteiger partial charge is 0.242 e. The average Bonchev–Trinajstić information content (AvgIpc) is 2.51. The standard InChI is InChI=1S/C17H26N2O2/c1-4-15(17(21)18-6-3)19(16(20)5-2)13-12-14-10-8-7-9-11-14/h7-11,15H,4-6,12-13H2,1-3H3,(H,18,21)/t15-/m1/s1. The molecule has 0 aromatic heterocycles. The van der Waals surface area contributed by atoms with Gasteiger partial charge in [0, 0.05) is 19.5 Å². The van der Waals surface area contributed by atoms with Crippen molar-refractivity contribution in [2.24, 2.45) is 0 Å². The Bertz CT molecular complexity index is 445. The molecule has 4 nitrogen and oxygen atoms in total. The van der Waals surface area contributed by atoms with E-state index in [4.69, 9.17) is 0 Å². The molecule has 0 spiro atoms. The Morgan fingerprint density at radius 2 is 1.81 bits per heavy atom. The highest BCUT2D eigenvalue weighted by Gasteiger charge is 2.26. The summed E-state index contributed by atoms with van der Waals surface area (Å²) >= 11 is 0. The maximum absolute atomic E-state index is 12.2. The van der Waals surface area contributed by atoms with E-state index in [0.29, 0.717) is 25.9 Å². The number of amides is 2. The van der Waals surface area contributed by atoms with Crippen LogP contribution in [-0.2, 0) is 16.0 Å². The third-order valence-electron chi connectivity index (χ3n) is 3.52. The lowest BCUT2D eigenvalue weighted by molar-refractivity contribution is -0.140. The topological polar surface area (TPSA) is 49.4 Å². The predicted molar refractivity (Wildman–Crippen MR) is 84.9 cm³/mol. The van der Waals surface area contributed by atoms with Crippen LogP contribution in [0.15, 0.2) is 30.3 Å². The number of carbonyl (C=O) groups is 2. The SMILES string of the molecule is CCNC(=O)[C@@H](CC)N(CCc1ccccc1)C(=O)CC. The van der Waals surface area contributed by atoms with E-state index in [9.17, 15) is 9.59 Å². The molecular weight excluding hydrogens is 264 g/mol. The van der Waals surface area contributed by atoms with Crippen molar-refractivity contribution in [3.05, 3.63) is 35.9 Å². The molecule has 0 saturated carbocycles. The van der Waals surface area contributed by atoms with Crippen LogP contribution in [0.1, 0.15) is 39.2 Å². The second-order valence-electron chi connectivity index (χ2n) is 4.99. The molecule has 0 aliphatic rings. The van der Waals surface area contributed by atoms with Crippen molar-refractivity contribution >= 4 is 11.8 Å². The lowest BCUT2D eigenvalue weighted by Gasteiger charge is -2.30. The van der Waals surface area contributed by atoms with Gasteiger partial charge in [-0.2, -0.15) is 0 Å². The molecule has 0 bridgehead atoms. The summed E-state index contributed by atoms with van der Waals surface area (Å²) < 4.78 is 0. The first-order valence-corrected chi connectivity index (χ1v) is 7.75. The van der Waals surface area contributed by atoms with Gasteiger partial charge in [0.05, 0.1) is 0 Å². The highest BCUT2D eigenvalue weighted by atomic mass is 16.2. The van der Waals surface area contributed by atoms with Crippen LogP contribution in [-0.4, -0.2) is 35.8 Å². The summed E-state index contributed by atoms with van der Waals surface area (Å²) in [6, 6.07) is 9.66. The number of rotatable bonds is 8. The fourth-order valence-corrected chi connectivity index (χ4v) is 2.39. The maximum atomic E-state index is 12.2. The summed E-state index contributed by atoms with van der Waals surface area (Å²) in [4.78, 5) is 26.1. The van der Waals surface area contributed by atoms with Gasteiger partial charge in [0.25, 0.3) is 0 Å². The number of nitrogens with one attached hydrogen (secondary N) is 1. The van der Waals surface area contributed by atoms with Gasteiger partial charge in [-0.1, -0.05) is 44.2 Å². The third-order valence-corrected chi connectivity index (χ3v) is 3.52. The number of likely N-dealkylation sites (N-methyl/N-ethyl adjacent to an activating group) is 1. The van der Waals surface area contributed by atoms with Crippen LogP contribution in [0.25, 0.3) is 0 Å². The normalized spacial score (nSPS) is 11.8. The molecular formula is C17H26N2O2. The van der Waals surface area contributed by atoms with Crippen molar-refractivity contribution < 1.29 is 9.59 Å². The van der Waals surface area contributed by atoms with E-state index in [2.05, 4.69) is 5.32 Å². The van der Waals surface area contributed by atoms with Crippen molar-refractivity contribution in [1.29, 1.82) is 0 Å². The summed E-state index contributed by atoms with van der Waals surface area (Å²) in [5.41, 5.74) is 1.18. The third kappa shape index (κ3) is 5.21. The van der Waals surface area contributed by atoms with E-state index in [1.54, 1.807) is 4.90 Å². The van der Waals surface area contributed by atoms with Gasteiger partial charge in [-0.05, 0) is 25.3 Å². The van der Waals surface area contributed by atoms with Gasteiger partial charge in [-0.3, -0.25) is 9.59 Å². The lowest BCUT2D eigenvalue weighted by Crippen LogP contribution is -2.49. The first-order chi connectivity index (χ1) is 10.1. The predicted octanol–water partition coefficient (Wildman–Crippen LogP) is 2.38. The highest BCUT2D eigenvalue weighted by Crippen LogP contribution is 2.10. The first-order valence-electron chi connectivity index (χ1n) is 7.75. The molecule has 0 unspecified atom stereocenters. The Balaban J connectivity index is 2.78. The minimum absolute atomic E-state index is 0.0315. The van der Waals surface area contributed by atoms with Crippen LogP contribution in [0.5, 0.6) is 0 Å². The fourth-order valence-electron chi connectivity index (χ4n) is 2.39. The lowest BCUT2D eigenvalue weighted by atomic mass is 10.1. The zero-order valence-electron chi connectivity index (χ0n) is 13.3. The van der Waals surface area contributed by atoms with E-state index in [0.717, 1.165) is 6.42 Å². The van der Waals surface area contributed by atoms with Crippen molar-refractivity contribution in [2.75, 3.05) is 13.1 Å². The molecule has 0 radical (unpaired) electrons. The van der Waals surface area contributed by atoms with Crippen LogP contribution in [0, 0.1) is 0 Å². The van der Waals surface area contributed by atoms with E-state index < -0.39 is 0 Å². The highest BCUT2D eigenvalue weighted by molar-refractivity contribution is 5.87. The zero-order valence-corrected chi connectivity index (χ0v) is 13.3. The van der Waals surface area contributed by atoms with Gasteiger partial charge in [0.1, 0.15) is 6.04 Å². The molecule has 1 aromatic carbocycles. The molecule has 2 amide bonds. The molecule has 1 aromatic rings. The molecule has 1 atom stereocenters. The van der Waals surface area contributed by atoms with Crippen LogP contribution in [0.2, 0.25) is 0 Å². The summed E-state index contributed by atoms with van der Waals surface area (Å²) in [5, 5.41) is 2.82. The Labute approximate surface area is 127 Å². The summed E-state index contributed by atoms with van der Waals surface area (Å²) in [6.45, 7) is 6.83. The number of nitrogens with zero attached hydrogens (tertiary/aromatic N) is 1. The van der Waals surface area contributed by atoms with E-state index in [1.165, 1.54) is 5.56 Å². The summed E-state index contributed by atoms with van der Waals surface area (Å²) in [5.74, 6) is -0.0288. The van der Waals surface area contributed by atoms with Gasteiger partial charge in [0.2, 0.25) is 11.8 Å². The molecule has 1 rings (SSSR count). The van der Waals surface area contributed by atoms with E-state index >= 15 is 0 Å². The zero-order chi connectivity index (χ0) is 15.7. The molecule has 4 heteroatoms. The van der Waals surface area contributed by atoms with Gasteiger partial charge in [0.15, 0.2) is 0 Å². The molecule has 0 aliphatic carbocycles. The van der Waals surface area contributed by atoms with Crippen LogP contribution >= 0.6 is 0 Å². The number of carbonyl (C=O) groups excluding carboxylic acids is 2. The number of benzene rings is 1. The van der Waals surface area contributed by atoms with Crippen molar-refractivity contribution in [1.82, 2.24) is 10.2 Å². The molecule has 1 N–H and O–H groups in total. The van der Waals surface area contributed by atoms with Crippen LogP contribution in [0.4, 0.5) is 0 Å². The molecule has 0 heterocycles. The Hall–Kier alpha value is -1.84. The maximum Gasteiger partial charge on any atom is 0.242 e. The first kappa shape index (κ1) is 17.2. The Kier molecular flexibility index (Phi) is 7.51. The monoisotopic (exact) mass is 290 g/mol. The van der Waals surface area contributed by atoms with Crippen molar-refractivity contribution in [3.8, 4) is 0 Å². The minimum atomic E-state index is -0.374. The molecule has 0 aliphatic heterocycles. The van der Waals surface area contributed by atoms with Crippen molar-refractivity contribution in [3.63, 3.8) is 0 Å². The van der Waals surface area contributed by atoms with E-state index in [1.807, 2.05) is 51.1 Å². The molecule has 0 fully saturated rings. The van der Waals surface area contributed by atoms with Crippen LogP contribution in [0.3, 0.4) is 0 Å². The number of hydrogen-bond acceptors (Lipinski definition) is 2. The second kappa shape index (κ2) is 9.16. The molecule has 116 valence electrons.